The number of nitrogens with zero attached hydrogens (tertiary/aromatic N) is 1. The molecule has 5 atom stereocenters. The van der Waals surface area contributed by atoms with Gasteiger partial charge in [-0.3, -0.25) is 0 Å². The zero-order valence-electron chi connectivity index (χ0n) is 11.2. The van der Waals surface area contributed by atoms with Crippen LogP contribution in [0.3, 0.4) is 0 Å². The van der Waals surface area contributed by atoms with Crippen LogP contribution in [0, 0.1) is 11.3 Å². The van der Waals surface area contributed by atoms with Crippen LogP contribution in [0.5, 0.6) is 5.75 Å². The van der Waals surface area contributed by atoms with Gasteiger partial charge in [-0.2, -0.15) is 5.26 Å². The maximum absolute atomic E-state index is 9.84. The topological polar surface area (TPSA) is 123 Å². The highest BCUT2D eigenvalue weighted by molar-refractivity contribution is 5.28. The number of benzene rings is 1. The van der Waals surface area contributed by atoms with Gasteiger partial charge in [-0.1, -0.05) is 12.1 Å². The van der Waals surface area contributed by atoms with Crippen molar-refractivity contribution in [3.05, 3.63) is 29.8 Å². The van der Waals surface area contributed by atoms with Crippen LogP contribution < -0.4 is 4.74 Å². The normalized spacial score (nSPS) is 32.4. The summed E-state index contributed by atoms with van der Waals surface area (Å²) in [5, 5.41) is 46.8. The van der Waals surface area contributed by atoms with Crippen molar-refractivity contribution in [2.45, 2.75) is 37.1 Å². The maximum atomic E-state index is 9.84. The van der Waals surface area contributed by atoms with Gasteiger partial charge in [0.15, 0.2) is 0 Å². The van der Waals surface area contributed by atoms with E-state index in [1.807, 2.05) is 6.07 Å². The lowest BCUT2D eigenvalue weighted by atomic mass is 9.99. The van der Waals surface area contributed by atoms with Crippen LogP contribution in [0.2, 0.25) is 0 Å². The molecule has 0 radical (unpaired) electrons. The van der Waals surface area contributed by atoms with Gasteiger partial charge >= 0.3 is 0 Å². The molecular formula is C14H17NO6. The smallest absolute Gasteiger partial charge is 0.229 e. The highest BCUT2D eigenvalue weighted by atomic mass is 16.7. The van der Waals surface area contributed by atoms with E-state index in [1.54, 1.807) is 24.3 Å². The molecule has 1 aliphatic heterocycles. The Bertz CT molecular complexity index is 497. The molecule has 1 aromatic carbocycles. The van der Waals surface area contributed by atoms with Crippen LogP contribution in [0.1, 0.15) is 5.56 Å². The SMILES string of the molecule is N#CCc1ccc(OC2OC(CO)C(O)C(O)C2O)cc1. The molecule has 114 valence electrons. The molecule has 0 saturated carbocycles. The predicted molar refractivity (Wildman–Crippen MR) is 70.2 cm³/mol. The summed E-state index contributed by atoms with van der Waals surface area (Å²) in [6, 6.07) is 8.63. The van der Waals surface area contributed by atoms with Crippen molar-refractivity contribution in [3.63, 3.8) is 0 Å². The summed E-state index contributed by atoms with van der Waals surface area (Å²) >= 11 is 0. The highest BCUT2D eigenvalue weighted by Crippen LogP contribution is 2.24. The van der Waals surface area contributed by atoms with E-state index >= 15 is 0 Å². The summed E-state index contributed by atoms with van der Waals surface area (Å²) in [5.41, 5.74) is 0.818. The molecule has 5 unspecified atom stereocenters. The van der Waals surface area contributed by atoms with Gasteiger partial charge < -0.3 is 29.9 Å². The van der Waals surface area contributed by atoms with E-state index in [0.29, 0.717) is 5.75 Å². The molecule has 7 heteroatoms. The first kappa shape index (κ1) is 15.7. The van der Waals surface area contributed by atoms with Crippen LogP contribution in [-0.2, 0) is 11.2 Å². The van der Waals surface area contributed by atoms with Crippen LogP contribution in [0.25, 0.3) is 0 Å². The van der Waals surface area contributed by atoms with E-state index in [0.717, 1.165) is 5.56 Å². The van der Waals surface area contributed by atoms with E-state index in [2.05, 4.69) is 0 Å². The first-order valence-electron chi connectivity index (χ1n) is 6.50. The number of hydrogen-bond donors (Lipinski definition) is 4. The molecule has 0 aliphatic carbocycles. The maximum Gasteiger partial charge on any atom is 0.229 e. The summed E-state index contributed by atoms with van der Waals surface area (Å²) < 4.78 is 10.6. The lowest BCUT2D eigenvalue weighted by Crippen LogP contribution is -2.60. The second kappa shape index (κ2) is 6.85. The Kier molecular flexibility index (Phi) is 5.12. The summed E-state index contributed by atoms with van der Waals surface area (Å²) in [7, 11) is 0. The molecule has 0 spiro atoms. The Hall–Kier alpha value is -1.69. The number of rotatable bonds is 4. The second-order valence-electron chi connectivity index (χ2n) is 4.79. The average molecular weight is 295 g/mol. The monoisotopic (exact) mass is 295 g/mol. The number of ether oxygens (including phenoxy) is 2. The lowest BCUT2D eigenvalue weighted by molar-refractivity contribution is -0.277. The Morgan fingerprint density at radius 2 is 1.76 bits per heavy atom. The van der Waals surface area contributed by atoms with Crippen molar-refractivity contribution in [2.24, 2.45) is 0 Å². The molecule has 0 amide bonds. The third kappa shape index (κ3) is 3.50. The van der Waals surface area contributed by atoms with Crippen LogP contribution in [-0.4, -0.2) is 57.7 Å². The molecule has 1 aliphatic rings. The van der Waals surface area contributed by atoms with Gasteiger partial charge in [-0.15, -0.1) is 0 Å². The molecular weight excluding hydrogens is 278 g/mol. The van der Waals surface area contributed by atoms with Crippen molar-refractivity contribution in [1.82, 2.24) is 0 Å². The molecule has 1 aromatic rings. The Morgan fingerprint density at radius 1 is 1.10 bits per heavy atom. The van der Waals surface area contributed by atoms with E-state index in [9.17, 15) is 15.3 Å². The van der Waals surface area contributed by atoms with E-state index in [-0.39, 0.29) is 6.42 Å². The molecule has 4 N–H and O–H groups in total. The first-order valence-corrected chi connectivity index (χ1v) is 6.50. The third-order valence-corrected chi connectivity index (χ3v) is 3.31. The largest absolute Gasteiger partial charge is 0.462 e. The van der Waals surface area contributed by atoms with Crippen LogP contribution in [0.15, 0.2) is 24.3 Å². The van der Waals surface area contributed by atoms with Crippen molar-refractivity contribution < 1.29 is 29.9 Å². The van der Waals surface area contributed by atoms with Crippen LogP contribution >= 0.6 is 0 Å². The fraction of sp³-hybridized carbons (Fsp3) is 0.500. The fourth-order valence-corrected chi connectivity index (χ4v) is 2.08. The second-order valence-corrected chi connectivity index (χ2v) is 4.79. The van der Waals surface area contributed by atoms with Gasteiger partial charge in [0.25, 0.3) is 0 Å². The van der Waals surface area contributed by atoms with E-state index in [4.69, 9.17) is 19.8 Å². The minimum Gasteiger partial charge on any atom is -0.462 e. The van der Waals surface area contributed by atoms with E-state index < -0.39 is 37.3 Å². The Labute approximate surface area is 121 Å². The van der Waals surface area contributed by atoms with Crippen molar-refractivity contribution in [2.75, 3.05) is 6.61 Å². The summed E-state index contributed by atoms with van der Waals surface area (Å²) in [5.74, 6) is 0.376. The molecule has 1 heterocycles. The Balaban J connectivity index is 2.05. The first-order chi connectivity index (χ1) is 10.1. The van der Waals surface area contributed by atoms with Crippen molar-refractivity contribution >= 4 is 0 Å². The zero-order valence-corrected chi connectivity index (χ0v) is 11.2. The van der Waals surface area contributed by atoms with Crippen LogP contribution in [0.4, 0.5) is 0 Å². The third-order valence-electron chi connectivity index (χ3n) is 3.31. The number of aliphatic hydroxyl groups excluding tert-OH is 4. The van der Waals surface area contributed by atoms with Gasteiger partial charge in [0.05, 0.1) is 19.1 Å². The standard InChI is InChI=1S/C14H17NO6/c15-6-5-8-1-3-9(4-2-8)20-14-13(19)12(18)11(17)10(7-16)21-14/h1-4,10-14,16-19H,5,7H2. The summed E-state index contributed by atoms with van der Waals surface area (Å²) in [6.07, 6.45) is -6.27. The number of hydrogen-bond acceptors (Lipinski definition) is 7. The molecule has 7 nitrogen and oxygen atoms in total. The predicted octanol–water partition coefficient (Wildman–Crippen LogP) is -1.07. The van der Waals surface area contributed by atoms with E-state index in [1.165, 1.54) is 0 Å². The Morgan fingerprint density at radius 3 is 2.33 bits per heavy atom. The minimum absolute atomic E-state index is 0.278. The van der Waals surface area contributed by atoms with Crippen molar-refractivity contribution in [1.29, 1.82) is 5.26 Å². The van der Waals surface area contributed by atoms with Crippen molar-refractivity contribution in [3.8, 4) is 11.8 Å². The van der Waals surface area contributed by atoms with Gasteiger partial charge in [0.1, 0.15) is 30.2 Å². The highest BCUT2D eigenvalue weighted by Gasteiger charge is 2.44. The molecule has 2 rings (SSSR count). The molecule has 1 fully saturated rings. The van der Waals surface area contributed by atoms with Gasteiger partial charge in [-0.05, 0) is 17.7 Å². The number of aliphatic hydroxyl groups is 4. The van der Waals surface area contributed by atoms with Gasteiger partial charge in [-0.25, -0.2) is 0 Å². The molecule has 0 bridgehead atoms. The fourth-order valence-electron chi connectivity index (χ4n) is 2.08. The summed E-state index contributed by atoms with van der Waals surface area (Å²) in [6.45, 7) is -0.508. The van der Waals surface area contributed by atoms with Gasteiger partial charge in [0.2, 0.25) is 6.29 Å². The molecule has 21 heavy (non-hydrogen) atoms. The average Bonchev–Trinajstić information content (AvgIpc) is 2.50. The quantitative estimate of drug-likeness (QED) is 0.558. The zero-order chi connectivity index (χ0) is 15.4. The minimum atomic E-state index is -1.47. The number of nitriles is 1. The van der Waals surface area contributed by atoms with Gasteiger partial charge in [0, 0.05) is 0 Å². The lowest BCUT2D eigenvalue weighted by Gasteiger charge is -2.39. The molecule has 1 saturated heterocycles. The summed E-state index contributed by atoms with van der Waals surface area (Å²) in [4.78, 5) is 0. The molecule has 0 aromatic heterocycles.